The maximum absolute atomic E-state index is 12.7. The Bertz CT molecular complexity index is 656. The molecule has 2 aromatic rings. The molecule has 0 bridgehead atoms. The van der Waals surface area contributed by atoms with Crippen LogP contribution in [-0.2, 0) is 4.79 Å². The monoisotopic (exact) mass is 338 g/mol. The molecule has 0 spiro atoms. The van der Waals surface area contributed by atoms with Gasteiger partial charge in [-0.2, -0.15) is 0 Å². The third-order valence-electron chi connectivity index (χ3n) is 4.92. The molecule has 1 heterocycles. The van der Waals surface area contributed by atoms with Crippen molar-refractivity contribution in [3.8, 4) is 0 Å². The van der Waals surface area contributed by atoms with Gasteiger partial charge in [0.05, 0.1) is 18.8 Å². The minimum atomic E-state index is 0.0209. The van der Waals surface area contributed by atoms with Gasteiger partial charge >= 0.3 is 0 Å². The van der Waals surface area contributed by atoms with Gasteiger partial charge in [-0.1, -0.05) is 49.6 Å². The number of hydrogen-bond donors (Lipinski definition) is 1. The van der Waals surface area contributed by atoms with E-state index in [9.17, 15) is 4.79 Å². The van der Waals surface area contributed by atoms with Crippen molar-refractivity contribution in [2.75, 3.05) is 18.5 Å². The first-order valence-corrected chi connectivity index (χ1v) is 9.05. The van der Waals surface area contributed by atoms with Crippen LogP contribution in [0.5, 0.6) is 0 Å². The van der Waals surface area contributed by atoms with Crippen LogP contribution < -0.4 is 10.2 Å². The molecular weight excluding hydrogens is 312 g/mol. The fourth-order valence-electron chi connectivity index (χ4n) is 3.61. The number of anilines is 1. The molecule has 1 aliphatic carbocycles. The molecule has 1 atom stereocenters. The van der Waals surface area contributed by atoms with E-state index in [0.717, 1.165) is 0 Å². The molecule has 1 aromatic heterocycles. The summed E-state index contributed by atoms with van der Waals surface area (Å²) in [6.07, 6.45) is 11.1. The standard InChI is InChI=1S/C20H26N4O/c1-24(18-14-21-12-13-22-18)15-19(25)23-20(16-8-4-2-5-9-16)17-10-6-3-7-11-17/h2,4-5,8-9,12-14,17,20H,3,6-7,10-11,15H2,1H3,(H,23,25)/t20-/m1/s1. The number of likely N-dealkylation sites (N-methyl/N-ethyl adjacent to an activating group) is 1. The molecule has 0 aliphatic heterocycles. The van der Waals surface area contributed by atoms with Gasteiger partial charge < -0.3 is 10.2 Å². The molecule has 1 fully saturated rings. The quantitative estimate of drug-likeness (QED) is 0.877. The van der Waals surface area contributed by atoms with Gasteiger partial charge in [0.1, 0.15) is 5.82 Å². The number of carbonyl (C=O) groups excluding carboxylic acids is 1. The minimum absolute atomic E-state index is 0.0209. The molecule has 0 saturated heterocycles. The predicted molar refractivity (Wildman–Crippen MR) is 99.2 cm³/mol. The van der Waals surface area contributed by atoms with Gasteiger partial charge in [0.15, 0.2) is 0 Å². The van der Waals surface area contributed by atoms with Crippen LogP contribution in [0.25, 0.3) is 0 Å². The van der Waals surface area contributed by atoms with E-state index in [1.165, 1.54) is 37.7 Å². The van der Waals surface area contributed by atoms with E-state index < -0.39 is 0 Å². The Morgan fingerprint density at radius 3 is 2.64 bits per heavy atom. The summed E-state index contributed by atoms with van der Waals surface area (Å²) >= 11 is 0. The Morgan fingerprint density at radius 1 is 1.20 bits per heavy atom. The van der Waals surface area contributed by atoms with Crippen LogP contribution in [0, 0.1) is 5.92 Å². The fraction of sp³-hybridized carbons (Fsp3) is 0.450. The summed E-state index contributed by atoms with van der Waals surface area (Å²) in [5.41, 5.74) is 1.20. The zero-order valence-corrected chi connectivity index (χ0v) is 14.8. The van der Waals surface area contributed by atoms with E-state index in [4.69, 9.17) is 0 Å². The second-order valence-electron chi connectivity index (χ2n) is 6.77. The first kappa shape index (κ1) is 17.4. The lowest BCUT2D eigenvalue weighted by Crippen LogP contribution is -2.40. The first-order valence-electron chi connectivity index (χ1n) is 9.05. The van der Waals surface area contributed by atoms with Crippen molar-refractivity contribution in [2.24, 2.45) is 5.92 Å². The van der Waals surface area contributed by atoms with Crippen LogP contribution in [-0.4, -0.2) is 29.5 Å². The zero-order valence-electron chi connectivity index (χ0n) is 14.8. The maximum Gasteiger partial charge on any atom is 0.240 e. The second kappa shape index (κ2) is 8.60. The highest BCUT2D eigenvalue weighted by molar-refractivity contribution is 5.81. The smallest absolute Gasteiger partial charge is 0.240 e. The Labute approximate surface area is 149 Å². The van der Waals surface area contributed by atoms with E-state index in [-0.39, 0.29) is 18.5 Å². The van der Waals surface area contributed by atoms with Crippen LogP contribution >= 0.6 is 0 Å². The van der Waals surface area contributed by atoms with Crippen LogP contribution in [0.4, 0.5) is 5.82 Å². The van der Waals surface area contributed by atoms with Crippen molar-refractivity contribution in [1.82, 2.24) is 15.3 Å². The van der Waals surface area contributed by atoms with Crippen molar-refractivity contribution in [3.05, 3.63) is 54.5 Å². The lowest BCUT2D eigenvalue weighted by Gasteiger charge is -2.32. The second-order valence-corrected chi connectivity index (χ2v) is 6.77. The molecule has 3 rings (SSSR count). The van der Waals surface area contributed by atoms with Gasteiger partial charge in [-0.05, 0) is 24.3 Å². The molecule has 0 radical (unpaired) electrons. The Balaban J connectivity index is 1.68. The third-order valence-corrected chi connectivity index (χ3v) is 4.92. The third kappa shape index (κ3) is 4.78. The van der Waals surface area contributed by atoms with E-state index >= 15 is 0 Å². The highest BCUT2D eigenvalue weighted by Crippen LogP contribution is 2.34. The number of benzene rings is 1. The molecule has 25 heavy (non-hydrogen) atoms. The van der Waals surface area contributed by atoms with Gasteiger partial charge in [-0.15, -0.1) is 0 Å². The van der Waals surface area contributed by atoms with E-state index in [0.29, 0.717) is 11.7 Å². The summed E-state index contributed by atoms with van der Waals surface area (Å²) < 4.78 is 0. The highest BCUT2D eigenvalue weighted by atomic mass is 16.2. The number of aromatic nitrogens is 2. The molecule has 1 N–H and O–H groups in total. The number of nitrogens with zero attached hydrogens (tertiary/aromatic N) is 3. The average molecular weight is 338 g/mol. The fourth-order valence-corrected chi connectivity index (χ4v) is 3.61. The lowest BCUT2D eigenvalue weighted by molar-refractivity contribution is -0.121. The van der Waals surface area contributed by atoms with Crippen LogP contribution in [0.1, 0.15) is 43.7 Å². The summed E-state index contributed by atoms with van der Waals surface area (Å²) in [5, 5.41) is 3.27. The minimum Gasteiger partial charge on any atom is -0.349 e. The molecular formula is C20H26N4O. The Hall–Kier alpha value is -2.43. The average Bonchev–Trinajstić information content (AvgIpc) is 2.68. The number of hydrogen-bond acceptors (Lipinski definition) is 4. The molecule has 5 nitrogen and oxygen atoms in total. The lowest BCUT2D eigenvalue weighted by atomic mass is 9.81. The van der Waals surface area contributed by atoms with Crippen molar-refractivity contribution >= 4 is 11.7 Å². The van der Waals surface area contributed by atoms with Crippen LogP contribution in [0.15, 0.2) is 48.9 Å². The van der Waals surface area contributed by atoms with E-state index in [1.54, 1.807) is 18.6 Å². The van der Waals surface area contributed by atoms with Crippen LogP contribution in [0.2, 0.25) is 0 Å². The summed E-state index contributed by atoms with van der Waals surface area (Å²) in [5.74, 6) is 1.24. The normalized spacial score (nSPS) is 16.2. The predicted octanol–water partition coefficient (Wildman–Crippen LogP) is 3.35. The first-order chi connectivity index (χ1) is 12.2. The molecule has 1 amide bonds. The van der Waals surface area contributed by atoms with Crippen molar-refractivity contribution in [3.63, 3.8) is 0 Å². The van der Waals surface area contributed by atoms with Crippen molar-refractivity contribution in [1.29, 1.82) is 0 Å². The number of rotatable bonds is 6. The zero-order chi connectivity index (χ0) is 17.5. The number of nitrogens with one attached hydrogen (secondary N) is 1. The molecule has 1 aromatic carbocycles. The summed E-state index contributed by atoms with van der Waals surface area (Å²) in [7, 11) is 1.86. The topological polar surface area (TPSA) is 58.1 Å². The summed E-state index contributed by atoms with van der Waals surface area (Å²) in [4.78, 5) is 22.8. The van der Waals surface area contributed by atoms with Gasteiger partial charge in [0.25, 0.3) is 0 Å². The van der Waals surface area contributed by atoms with Gasteiger partial charge in [0, 0.05) is 19.4 Å². The van der Waals surface area contributed by atoms with Gasteiger partial charge in [-0.3, -0.25) is 9.78 Å². The Morgan fingerprint density at radius 2 is 1.96 bits per heavy atom. The molecule has 1 saturated carbocycles. The van der Waals surface area contributed by atoms with E-state index in [1.807, 2.05) is 30.1 Å². The van der Waals surface area contributed by atoms with E-state index in [2.05, 4.69) is 27.4 Å². The number of amides is 1. The Kier molecular flexibility index (Phi) is 5.99. The van der Waals surface area contributed by atoms with Crippen molar-refractivity contribution in [2.45, 2.75) is 38.1 Å². The maximum atomic E-state index is 12.7. The molecule has 0 unspecified atom stereocenters. The molecule has 132 valence electrons. The summed E-state index contributed by atoms with van der Waals surface area (Å²) in [6, 6.07) is 10.4. The molecule has 5 heteroatoms. The van der Waals surface area contributed by atoms with Crippen molar-refractivity contribution < 1.29 is 4.79 Å². The largest absolute Gasteiger partial charge is 0.349 e. The van der Waals surface area contributed by atoms with Gasteiger partial charge in [0.2, 0.25) is 5.91 Å². The highest BCUT2D eigenvalue weighted by Gasteiger charge is 2.26. The number of carbonyl (C=O) groups is 1. The molecule has 1 aliphatic rings. The van der Waals surface area contributed by atoms with Crippen LogP contribution in [0.3, 0.4) is 0 Å². The SMILES string of the molecule is CN(CC(=O)N[C@H](c1ccccc1)C1CCCCC1)c1cnccn1. The summed E-state index contributed by atoms with van der Waals surface area (Å²) in [6.45, 7) is 0.273. The van der Waals surface area contributed by atoms with Gasteiger partial charge in [-0.25, -0.2) is 4.98 Å².